The zero-order valence-corrected chi connectivity index (χ0v) is 19.3. The van der Waals surface area contributed by atoms with Gasteiger partial charge in [0.25, 0.3) is 5.91 Å². The summed E-state index contributed by atoms with van der Waals surface area (Å²) in [7, 11) is -1.56. The summed E-state index contributed by atoms with van der Waals surface area (Å²) < 4.78 is 47.5. The van der Waals surface area contributed by atoms with Crippen LogP contribution in [0.25, 0.3) is 0 Å². The minimum absolute atomic E-state index is 0.0725. The van der Waals surface area contributed by atoms with E-state index in [1.807, 2.05) is 0 Å². The van der Waals surface area contributed by atoms with Crippen LogP contribution in [0.1, 0.15) is 45.8 Å². The van der Waals surface area contributed by atoms with Crippen molar-refractivity contribution < 1.29 is 22.5 Å². The van der Waals surface area contributed by atoms with Crippen LogP contribution in [0.3, 0.4) is 0 Å². The maximum absolute atomic E-state index is 14.8. The van der Waals surface area contributed by atoms with Gasteiger partial charge in [-0.2, -0.15) is 0 Å². The van der Waals surface area contributed by atoms with E-state index in [9.17, 15) is 17.8 Å². The second-order valence-corrected chi connectivity index (χ2v) is 9.88. The monoisotopic (exact) mass is 482 g/mol. The Morgan fingerprint density at radius 3 is 2.72 bits per heavy atom. The number of rotatable bonds is 7. The first-order chi connectivity index (χ1) is 15.3. The van der Waals surface area contributed by atoms with Crippen molar-refractivity contribution in [2.24, 2.45) is 0 Å². The summed E-state index contributed by atoms with van der Waals surface area (Å²) >= 11 is 6.16. The van der Waals surface area contributed by atoms with Gasteiger partial charge in [-0.25, -0.2) is 13.0 Å². The molecule has 172 valence electrons. The molecule has 32 heavy (non-hydrogen) atoms. The normalized spacial score (nSPS) is 20.2. The summed E-state index contributed by atoms with van der Waals surface area (Å²) in [6.07, 6.45) is 3.81. The lowest BCUT2D eigenvalue weighted by molar-refractivity contribution is -0.0305. The molecule has 4 rings (SSSR count). The first-order valence-corrected chi connectivity index (χ1v) is 12.5. The topological polar surface area (TPSA) is 58.6 Å². The fourth-order valence-electron chi connectivity index (χ4n) is 4.12. The largest absolute Gasteiger partial charge is 0.375 e. The van der Waals surface area contributed by atoms with Gasteiger partial charge in [-0.1, -0.05) is 17.7 Å². The number of nitrogens with zero attached hydrogens (tertiary/aromatic N) is 1. The third kappa shape index (κ3) is 5.73. The molecule has 2 atom stereocenters. The Morgan fingerprint density at radius 2 is 2.03 bits per heavy atom. The smallest absolute Gasteiger partial charge is 0.265 e. The molecule has 1 aliphatic heterocycles. The molecule has 0 bridgehead atoms. The van der Waals surface area contributed by atoms with Crippen LogP contribution in [0.15, 0.2) is 30.3 Å². The highest BCUT2D eigenvalue weighted by Gasteiger charge is 2.30. The summed E-state index contributed by atoms with van der Waals surface area (Å²) in [5, 5.41) is 0.380. The summed E-state index contributed by atoms with van der Waals surface area (Å²) in [4.78, 5) is 14.4. The molecule has 2 unspecified atom stereocenters. The van der Waals surface area contributed by atoms with Crippen molar-refractivity contribution >= 4 is 28.5 Å². The van der Waals surface area contributed by atoms with Crippen LogP contribution < -0.4 is 4.72 Å². The lowest BCUT2D eigenvalue weighted by Gasteiger charge is -2.33. The first kappa shape index (κ1) is 23.3. The fourth-order valence-corrected chi connectivity index (χ4v) is 4.74. The number of hydrogen-bond acceptors (Lipinski definition) is 4. The minimum Gasteiger partial charge on any atom is -0.375 e. The number of ether oxygens (including phenoxy) is 1. The zero-order valence-electron chi connectivity index (χ0n) is 17.7. The Morgan fingerprint density at radius 1 is 1.25 bits per heavy atom. The third-order valence-electron chi connectivity index (χ3n) is 5.81. The SMILES string of the molecule is CS(=O)NC(=O)c1cc(C2CC2)c(CN2CCOC(Cc3ccc(F)cc3Cl)C2)cc1F. The first-order valence-electron chi connectivity index (χ1n) is 10.5. The molecule has 1 aliphatic carbocycles. The molecular weight excluding hydrogens is 458 g/mol. The van der Waals surface area contributed by atoms with Crippen LogP contribution in [-0.4, -0.2) is 47.1 Å². The van der Waals surface area contributed by atoms with E-state index < -0.39 is 22.7 Å². The van der Waals surface area contributed by atoms with Crippen LogP contribution in [0.4, 0.5) is 8.78 Å². The average Bonchev–Trinajstić information content (AvgIpc) is 3.55. The van der Waals surface area contributed by atoms with Gasteiger partial charge in [0.05, 0.1) is 18.3 Å². The number of halogens is 3. The summed E-state index contributed by atoms with van der Waals surface area (Å²) in [6.45, 7) is 2.42. The molecule has 2 aromatic carbocycles. The van der Waals surface area contributed by atoms with E-state index in [2.05, 4.69) is 9.62 Å². The van der Waals surface area contributed by atoms with Gasteiger partial charge in [0, 0.05) is 37.3 Å². The van der Waals surface area contributed by atoms with Crippen molar-refractivity contribution in [2.45, 2.75) is 37.8 Å². The molecule has 0 spiro atoms. The maximum atomic E-state index is 14.8. The fraction of sp³-hybridized carbons (Fsp3) is 0.435. The lowest BCUT2D eigenvalue weighted by atomic mass is 9.98. The number of hydrogen-bond donors (Lipinski definition) is 1. The van der Waals surface area contributed by atoms with Crippen LogP contribution >= 0.6 is 11.6 Å². The second-order valence-electron chi connectivity index (χ2n) is 8.36. The molecular formula is C23H25ClF2N2O3S. The molecule has 1 heterocycles. The molecule has 2 aromatic rings. The highest BCUT2D eigenvalue weighted by molar-refractivity contribution is 7.82. The van der Waals surface area contributed by atoms with Crippen molar-refractivity contribution in [3.8, 4) is 0 Å². The quantitative estimate of drug-likeness (QED) is 0.649. The van der Waals surface area contributed by atoms with E-state index in [0.717, 1.165) is 29.5 Å². The summed E-state index contributed by atoms with van der Waals surface area (Å²) in [6, 6.07) is 7.41. The highest BCUT2D eigenvalue weighted by Crippen LogP contribution is 2.42. The average molecular weight is 483 g/mol. The van der Waals surface area contributed by atoms with Crippen LogP contribution in [-0.2, 0) is 28.7 Å². The summed E-state index contributed by atoms with van der Waals surface area (Å²) in [5.41, 5.74) is 2.59. The second kappa shape index (κ2) is 9.95. The zero-order chi connectivity index (χ0) is 22.8. The van der Waals surface area contributed by atoms with Crippen molar-refractivity contribution in [3.63, 3.8) is 0 Å². The molecule has 9 heteroatoms. The highest BCUT2D eigenvalue weighted by atomic mass is 35.5. The molecule has 1 saturated heterocycles. The van der Waals surface area contributed by atoms with Crippen molar-refractivity contribution in [3.05, 3.63) is 69.2 Å². The molecule has 0 radical (unpaired) electrons. The maximum Gasteiger partial charge on any atom is 0.265 e. The minimum atomic E-state index is -1.56. The van der Waals surface area contributed by atoms with Crippen molar-refractivity contribution in [1.82, 2.24) is 9.62 Å². The standard InChI is InChI=1S/C23H25ClF2N2O3S/c1-32(30)27-23(29)20-11-19(14-2-3-14)16(9-22(20)26)12-28-6-7-31-18(13-28)8-15-4-5-17(25)10-21(15)24/h4-5,9-11,14,18H,2-3,6-8,12-13H2,1H3,(H,27,29). The number of morpholine rings is 1. The van der Waals surface area contributed by atoms with E-state index in [4.69, 9.17) is 16.3 Å². The number of amides is 1. The van der Waals surface area contributed by atoms with E-state index in [1.165, 1.54) is 24.5 Å². The molecule has 5 nitrogen and oxygen atoms in total. The van der Waals surface area contributed by atoms with Gasteiger partial charge in [-0.15, -0.1) is 0 Å². The van der Waals surface area contributed by atoms with Gasteiger partial charge < -0.3 is 4.74 Å². The van der Waals surface area contributed by atoms with Crippen LogP contribution in [0.2, 0.25) is 5.02 Å². The molecule has 1 amide bonds. The molecule has 1 saturated carbocycles. The molecule has 2 fully saturated rings. The predicted molar refractivity (Wildman–Crippen MR) is 120 cm³/mol. The number of nitrogens with one attached hydrogen (secondary N) is 1. The third-order valence-corrected chi connectivity index (χ3v) is 6.63. The van der Waals surface area contributed by atoms with E-state index >= 15 is 0 Å². The molecule has 2 aliphatic rings. The van der Waals surface area contributed by atoms with Gasteiger partial charge in [-0.3, -0.25) is 14.4 Å². The van der Waals surface area contributed by atoms with Gasteiger partial charge in [0.1, 0.15) is 22.6 Å². The lowest BCUT2D eigenvalue weighted by Crippen LogP contribution is -2.43. The Hall–Kier alpha value is -1.87. The summed E-state index contributed by atoms with van der Waals surface area (Å²) in [5.74, 6) is -1.34. The van der Waals surface area contributed by atoms with Gasteiger partial charge in [-0.05, 0) is 59.7 Å². The Labute approximate surface area is 193 Å². The molecule has 1 N–H and O–H groups in total. The predicted octanol–water partition coefficient (Wildman–Crippen LogP) is 3.96. The number of carbonyl (C=O) groups is 1. The Balaban J connectivity index is 1.48. The number of carbonyl (C=O) groups excluding carboxylic acids is 1. The molecule has 0 aromatic heterocycles. The number of benzene rings is 2. The Kier molecular flexibility index (Phi) is 7.24. The van der Waals surface area contributed by atoms with Gasteiger partial charge >= 0.3 is 0 Å². The van der Waals surface area contributed by atoms with Gasteiger partial charge in [0.15, 0.2) is 0 Å². The van der Waals surface area contributed by atoms with Crippen molar-refractivity contribution in [1.29, 1.82) is 0 Å². The van der Waals surface area contributed by atoms with Crippen LogP contribution in [0.5, 0.6) is 0 Å². The van der Waals surface area contributed by atoms with Gasteiger partial charge in [0.2, 0.25) is 0 Å². The van der Waals surface area contributed by atoms with E-state index in [-0.39, 0.29) is 17.5 Å². The Bertz CT molecular complexity index is 1050. The van der Waals surface area contributed by atoms with Crippen molar-refractivity contribution in [2.75, 3.05) is 26.0 Å². The van der Waals surface area contributed by atoms with E-state index in [0.29, 0.717) is 43.6 Å². The van der Waals surface area contributed by atoms with Crippen LogP contribution in [0, 0.1) is 11.6 Å². The van der Waals surface area contributed by atoms with E-state index in [1.54, 1.807) is 12.1 Å².